The Hall–Kier alpha value is -1.02. The number of rotatable bonds is 4. The van der Waals surface area contributed by atoms with Crippen LogP contribution in [0, 0.1) is 18.8 Å². The average Bonchev–Trinajstić information content (AvgIpc) is 2.88. The summed E-state index contributed by atoms with van der Waals surface area (Å²) < 4.78 is 0. The Balaban J connectivity index is 1.80. The zero-order valence-electron chi connectivity index (χ0n) is 9.59. The van der Waals surface area contributed by atoms with Crippen molar-refractivity contribution >= 4 is 5.69 Å². The van der Waals surface area contributed by atoms with Gasteiger partial charge in [0.2, 0.25) is 0 Å². The monoisotopic (exact) mass is 204 g/mol. The van der Waals surface area contributed by atoms with Gasteiger partial charge < -0.3 is 11.1 Å². The summed E-state index contributed by atoms with van der Waals surface area (Å²) in [5.41, 5.74) is 9.16. The molecule has 2 atom stereocenters. The Morgan fingerprint density at radius 1 is 1.47 bits per heavy atom. The molecule has 2 unspecified atom stereocenters. The van der Waals surface area contributed by atoms with Gasteiger partial charge in [0.15, 0.2) is 0 Å². The van der Waals surface area contributed by atoms with Crippen LogP contribution in [-0.2, 0) is 6.54 Å². The Labute approximate surface area is 91.9 Å². The molecule has 1 aliphatic rings. The Morgan fingerprint density at radius 2 is 2.20 bits per heavy atom. The fourth-order valence-electron chi connectivity index (χ4n) is 1.93. The molecule has 0 radical (unpaired) electrons. The van der Waals surface area contributed by atoms with Crippen molar-refractivity contribution in [2.45, 2.75) is 26.8 Å². The molecule has 0 saturated heterocycles. The van der Waals surface area contributed by atoms with Gasteiger partial charge in [-0.3, -0.25) is 0 Å². The third-order valence-electron chi connectivity index (χ3n) is 3.35. The van der Waals surface area contributed by atoms with Crippen LogP contribution >= 0.6 is 0 Å². The van der Waals surface area contributed by atoms with E-state index in [1.807, 2.05) is 6.07 Å². The van der Waals surface area contributed by atoms with E-state index in [0.29, 0.717) is 0 Å². The van der Waals surface area contributed by atoms with Crippen LogP contribution in [0.1, 0.15) is 24.5 Å². The second kappa shape index (κ2) is 4.23. The van der Waals surface area contributed by atoms with E-state index in [1.165, 1.54) is 17.5 Å². The van der Waals surface area contributed by atoms with Crippen LogP contribution in [-0.4, -0.2) is 6.54 Å². The van der Waals surface area contributed by atoms with Gasteiger partial charge in [-0.15, -0.1) is 0 Å². The highest BCUT2D eigenvalue weighted by molar-refractivity contribution is 5.47. The number of anilines is 1. The molecule has 0 spiro atoms. The average molecular weight is 204 g/mol. The lowest BCUT2D eigenvalue weighted by Crippen LogP contribution is -2.16. The molecule has 1 fully saturated rings. The minimum Gasteiger partial charge on any atom is -0.399 e. The van der Waals surface area contributed by atoms with Crippen LogP contribution in [0.15, 0.2) is 18.2 Å². The number of nitrogens with two attached hydrogens (primary N) is 1. The molecule has 0 heterocycles. The van der Waals surface area contributed by atoms with Gasteiger partial charge in [-0.05, 0) is 48.9 Å². The number of benzene rings is 1. The van der Waals surface area contributed by atoms with Crippen molar-refractivity contribution < 1.29 is 0 Å². The molecular formula is C13H20N2. The molecule has 82 valence electrons. The zero-order chi connectivity index (χ0) is 10.8. The lowest BCUT2D eigenvalue weighted by molar-refractivity contribution is 0.612. The Kier molecular flexibility index (Phi) is 2.96. The van der Waals surface area contributed by atoms with Crippen LogP contribution < -0.4 is 11.1 Å². The van der Waals surface area contributed by atoms with E-state index < -0.39 is 0 Å². The molecule has 0 aromatic heterocycles. The molecule has 1 aromatic carbocycles. The van der Waals surface area contributed by atoms with Gasteiger partial charge in [0.25, 0.3) is 0 Å². The molecule has 15 heavy (non-hydrogen) atoms. The maximum Gasteiger partial charge on any atom is 0.0343 e. The number of aryl methyl sites for hydroxylation is 1. The van der Waals surface area contributed by atoms with Crippen LogP contribution in [0.4, 0.5) is 5.69 Å². The molecule has 3 N–H and O–H groups in total. The fraction of sp³-hybridized carbons (Fsp3) is 0.538. The highest BCUT2D eigenvalue weighted by Crippen LogP contribution is 2.36. The summed E-state index contributed by atoms with van der Waals surface area (Å²) in [6.45, 7) is 6.50. The van der Waals surface area contributed by atoms with Gasteiger partial charge in [0.1, 0.15) is 0 Å². The van der Waals surface area contributed by atoms with Crippen LogP contribution in [0.5, 0.6) is 0 Å². The smallest absolute Gasteiger partial charge is 0.0343 e. The first-order chi connectivity index (χ1) is 7.16. The molecule has 0 bridgehead atoms. The maximum atomic E-state index is 5.77. The Bertz CT molecular complexity index is 346. The molecule has 1 aliphatic carbocycles. The molecular weight excluding hydrogens is 184 g/mol. The van der Waals surface area contributed by atoms with E-state index in [9.17, 15) is 0 Å². The number of hydrogen-bond donors (Lipinski definition) is 2. The molecule has 0 aliphatic heterocycles. The number of hydrogen-bond acceptors (Lipinski definition) is 2. The molecule has 0 amide bonds. The molecule has 2 nitrogen and oxygen atoms in total. The SMILES string of the molecule is Cc1cc(CNCC2CC2C)ccc1N. The third kappa shape index (κ3) is 2.72. The van der Waals surface area contributed by atoms with Crippen LogP contribution in [0.25, 0.3) is 0 Å². The van der Waals surface area contributed by atoms with Crippen LogP contribution in [0.2, 0.25) is 0 Å². The topological polar surface area (TPSA) is 38.0 Å². The van der Waals surface area contributed by atoms with Gasteiger partial charge in [0.05, 0.1) is 0 Å². The largest absolute Gasteiger partial charge is 0.399 e. The quantitative estimate of drug-likeness (QED) is 0.739. The van der Waals surface area contributed by atoms with E-state index in [0.717, 1.165) is 30.6 Å². The van der Waals surface area contributed by atoms with Crippen molar-refractivity contribution in [3.05, 3.63) is 29.3 Å². The zero-order valence-corrected chi connectivity index (χ0v) is 9.59. The first kappa shape index (κ1) is 10.5. The molecule has 1 aromatic rings. The molecule has 2 heteroatoms. The number of nitrogens with one attached hydrogen (secondary N) is 1. The second-order valence-electron chi connectivity index (χ2n) is 4.79. The van der Waals surface area contributed by atoms with Gasteiger partial charge in [-0.2, -0.15) is 0 Å². The van der Waals surface area contributed by atoms with Crippen LogP contribution in [0.3, 0.4) is 0 Å². The summed E-state index contributed by atoms with van der Waals surface area (Å²) in [6.07, 6.45) is 1.40. The van der Waals surface area contributed by atoms with E-state index in [-0.39, 0.29) is 0 Å². The van der Waals surface area contributed by atoms with Gasteiger partial charge in [-0.1, -0.05) is 19.1 Å². The predicted octanol–water partition coefficient (Wildman–Crippen LogP) is 2.32. The van der Waals surface area contributed by atoms with E-state index >= 15 is 0 Å². The third-order valence-corrected chi connectivity index (χ3v) is 3.35. The van der Waals surface area contributed by atoms with Gasteiger partial charge >= 0.3 is 0 Å². The van der Waals surface area contributed by atoms with Crippen molar-refractivity contribution in [1.29, 1.82) is 0 Å². The minimum absolute atomic E-state index is 0.884. The summed E-state index contributed by atoms with van der Waals surface area (Å²) in [5, 5.41) is 3.50. The summed E-state index contributed by atoms with van der Waals surface area (Å²) >= 11 is 0. The highest BCUT2D eigenvalue weighted by Gasteiger charge is 2.31. The predicted molar refractivity (Wildman–Crippen MR) is 64.6 cm³/mol. The lowest BCUT2D eigenvalue weighted by Gasteiger charge is -2.06. The fourth-order valence-corrected chi connectivity index (χ4v) is 1.93. The standard InChI is InChI=1S/C13H20N2/c1-9-6-12(9)8-15-7-11-3-4-13(14)10(2)5-11/h3-5,9,12,15H,6-8,14H2,1-2H3. The van der Waals surface area contributed by atoms with Crippen molar-refractivity contribution in [3.8, 4) is 0 Å². The van der Waals surface area contributed by atoms with Crippen molar-refractivity contribution in [3.63, 3.8) is 0 Å². The van der Waals surface area contributed by atoms with E-state index in [4.69, 9.17) is 5.73 Å². The van der Waals surface area contributed by atoms with Crippen molar-refractivity contribution in [2.24, 2.45) is 11.8 Å². The minimum atomic E-state index is 0.884. The maximum absolute atomic E-state index is 5.77. The Morgan fingerprint density at radius 3 is 2.80 bits per heavy atom. The summed E-state index contributed by atoms with van der Waals surface area (Å²) in [7, 11) is 0. The van der Waals surface area contributed by atoms with E-state index in [2.05, 4.69) is 31.3 Å². The van der Waals surface area contributed by atoms with Crippen molar-refractivity contribution in [1.82, 2.24) is 5.32 Å². The highest BCUT2D eigenvalue weighted by atomic mass is 14.9. The molecule has 2 rings (SSSR count). The van der Waals surface area contributed by atoms with Gasteiger partial charge in [-0.25, -0.2) is 0 Å². The lowest BCUT2D eigenvalue weighted by atomic mass is 10.1. The number of nitrogen functional groups attached to an aromatic ring is 1. The normalized spacial score (nSPS) is 24.1. The van der Waals surface area contributed by atoms with Gasteiger partial charge in [0, 0.05) is 12.2 Å². The first-order valence-electron chi connectivity index (χ1n) is 5.72. The van der Waals surface area contributed by atoms with Crippen molar-refractivity contribution in [2.75, 3.05) is 12.3 Å². The summed E-state index contributed by atoms with van der Waals surface area (Å²) in [5.74, 6) is 1.85. The summed E-state index contributed by atoms with van der Waals surface area (Å²) in [6, 6.07) is 6.26. The summed E-state index contributed by atoms with van der Waals surface area (Å²) in [4.78, 5) is 0. The molecule has 1 saturated carbocycles. The first-order valence-corrected chi connectivity index (χ1v) is 5.72. The second-order valence-corrected chi connectivity index (χ2v) is 4.79. The van der Waals surface area contributed by atoms with E-state index in [1.54, 1.807) is 0 Å².